The van der Waals surface area contributed by atoms with Gasteiger partial charge in [0.25, 0.3) is 0 Å². The van der Waals surface area contributed by atoms with Crippen LogP contribution in [0.25, 0.3) is 11.0 Å². The van der Waals surface area contributed by atoms with Crippen LogP contribution in [0.4, 0.5) is 10.3 Å². The fraction of sp³-hybridized carbons (Fsp3) is 0.273. The number of halogens is 2. The number of amides is 1. The maximum Gasteiger partial charge on any atom is 0.219 e. The van der Waals surface area contributed by atoms with Gasteiger partial charge in [0, 0.05) is 18.5 Å². The molecule has 0 spiro atoms. The number of rotatable bonds is 3. The van der Waals surface area contributed by atoms with Crippen molar-refractivity contribution in [2.75, 3.05) is 5.73 Å². The number of nitrogens with zero attached hydrogens (tertiary/aromatic N) is 2. The lowest BCUT2D eigenvalue weighted by atomic mass is 10.2. The van der Waals surface area contributed by atoms with Gasteiger partial charge in [0.15, 0.2) is 0 Å². The summed E-state index contributed by atoms with van der Waals surface area (Å²) in [6.45, 7) is 1.79. The minimum atomic E-state index is -0.435. The maximum atomic E-state index is 13.6. The third-order valence-electron chi connectivity index (χ3n) is 2.70. The Balaban J connectivity index is 2.59. The molecule has 0 saturated carbocycles. The fourth-order valence-electron chi connectivity index (χ4n) is 1.95. The number of hydrogen-bond acceptors (Lipinski definition) is 3. The van der Waals surface area contributed by atoms with Gasteiger partial charge in [-0.25, -0.2) is 9.37 Å². The predicted octanol–water partition coefficient (Wildman–Crippen LogP) is 1.80. The summed E-state index contributed by atoms with van der Waals surface area (Å²) in [6.07, 6.45) is 0.128. The number of aromatic nitrogens is 2. The molecule has 2 rings (SSSR count). The average molecular weight is 362 g/mol. The zero-order valence-corrected chi connectivity index (χ0v) is 11.8. The van der Waals surface area contributed by atoms with E-state index in [2.05, 4.69) is 4.98 Å². The van der Waals surface area contributed by atoms with Crippen LogP contribution in [0, 0.1) is 9.39 Å². The molecule has 0 fully saturated rings. The Labute approximate surface area is 116 Å². The summed E-state index contributed by atoms with van der Waals surface area (Å²) in [7, 11) is 0. The molecule has 1 aromatic heterocycles. The van der Waals surface area contributed by atoms with Gasteiger partial charge in [-0.05, 0) is 35.6 Å². The Morgan fingerprint density at radius 1 is 1.61 bits per heavy atom. The quantitative estimate of drug-likeness (QED) is 0.817. The number of fused-ring (bicyclic) bond motifs is 1. The van der Waals surface area contributed by atoms with Crippen molar-refractivity contribution in [1.29, 1.82) is 0 Å². The molecule has 5 nitrogen and oxygen atoms in total. The van der Waals surface area contributed by atoms with E-state index in [1.165, 1.54) is 6.07 Å². The first-order valence-electron chi connectivity index (χ1n) is 5.31. The van der Waals surface area contributed by atoms with Gasteiger partial charge in [-0.2, -0.15) is 0 Å². The molecule has 7 heteroatoms. The van der Waals surface area contributed by atoms with Crippen molar-refractivity contribution in [3.63, 3.8) is 0 Å². The highest BCUT2D eigenvalue weighted by atomic mass is 127. The number of nitrogens with two attached hydrogens (primary N) is 2. The molecule has 2 aromatic rings. The largest absolute Gasteiger partial charge is 0.370 e. The van der Waals surface area contributed by atoms with Gasteiger partial charge in [-0.1, -0.05) is 0 Å². The van der Waals surface area contributed by atoms with Gasteiger partial charge in [0.2, 0.25) is 11.9 Å². The van der Waals surface area contributed by atoms with Crippen LogP contribution in [-0.2, 0) is 4.79 Å². The lowest BCUT2D eigenvalue weighted by Gasteiger charge is -2.14. The van der Waals surface area contributed by atoms with Crippen LogP contribution in [0.2, 0.25) is 0 Å². The molecule has 0 bridgehead atoms. The van der Waals surface area contributed by atoms with Crippen LogP contribution in [0.15, 0.2) is 12.1 Å². The van der Waals surface area contributed by atoms with E-state index < -0.39 is 5.91 Å². The van der Waals surface area contributed by atoms with Crippen molar-refractivity contribution in [1.82, 2.24) is 9.55 Å². The standard InChI is InChI=1S/C11H12FIN4O/c1-5(2-10(14)18)17-9-3-6(12)7(13)4-8(9)16-11(17)15/h3-5H,2H2,1H3,(H2,14,18)(H2,15,16). The van der Waals surface area contributed by atoms with Crippen LogP contribution in [0.5, 0.6) is 0 Å². The van der Waals surface area contributed by atoms with Gasteiger partial charge in [0.05, 0.1) is 14.6 Å². The minimum absolute atomic E-state index is 0.128. The molecule has 0 aliphatic rings. The highest BCUT2D eigenvalue weighted by Crippen LogP contribution is 2.27. The molecule has 0 aliphatic carbocycles. The topological polar surface area (TPSA) is 86.9 Å². The van der Waals surface area contributed by atoms with Crippen LogP contribution in [-0.4, -0.2) is 15.5 Å². The van der Waals surface area contributed by atoms with E-state index in [0.29, 0.717) is 14.6 Å². The highest BCUT2D eigenvalue weighted by Gasteiger charge is 2.17. The summed E-state index contributed by atoms with van der Waals surface area (Å²) in [5.74, 6) is -0.523. The SMILES string of the molecule is CC(CC(N)=O)n1c(N)nc2cc(I)c(F)cc21. The molecule has 4 N–H and O–H groups in total. The fourth-order valence-corrected chi connectivity index (χ4v) is 2.41. The number of nitrogen functional groups attached to an aromatic ring is 1. The molecule has 18 heavy (non-hydrogen) atoms. The lowest BCUT2D eigenvalue weighted by molar-refractivity contribution is -0.118. The first kappa shape index (κ1) is 13.1. The summed E-state index contributed by atoms with van der Waals surface area (Å²) >= 11 is 1.89. The summed E-state index contributed by atoms with van der Waals surface area (Å²) in [5.41, 5.74) is 12.1. The molecule has 1 aromatic carbocycles. The molecular formula is C11H12FIN4O. The van der Waals surface area contributed by atoms with Gasteiger partial charge in [-0.15, -0.1) is 0 Å². The third kappa shape index (κ3) is 2.26. The molecule has 1 atom stereocenters. The normalized spacial score (nSPS) is 12.8. The summed E-state index contributed by atoms with van der Waals surface area (Å²) in [5, 5.41) is 0. The lowest BCUT2D eigenvalue weighted by Crippen LogP contribution is -2.18. The second kappa shape index (κ2) is 4.71. The number of hydrogen-bond donors (Lipinski definition) is 2. The number of imidazole rings is 1. The first-order valence-corrected chi connectivity index (χ1v) is 6.38. The van der Waals surface area contributed by atoms with Gasteiger partial charge in [-0.3, -0.25) is 4.79 Å². The van der Waals surface area contributed by atoms with Crippen molar-refractivity contribution in [2.24, 2.45) is 5.73 Å². The first-order chi connectivity index (χ1) is 8.40. The zero-order valence-electron chi connectivity index (χ0n) is 9.65. The summed E-state index contributed by atoms with van der Waals surface area (Å²) in [6, 6.07) is 2.74. The number of benzene rings is 1. The number of primary amides is 1. The number of anilines is 1. The molecular weight excluding hydrogens is 350 g/mol. The van der Waals surface area contributed by atoms with E-state index in [4.69, 9.17) is 11.5 Å². The number of carbonyl (C=O) groups is 1. The molecule has 0 saturated heterocycles. The van der Waals surface area contributed by atoms with E-state index >= 15 is 0 Å². The summed E-state index contributed by atoms with van der Waals surface area (Å²) in [4.78, 5) is 15.1. The van der Waals surface area contributed by atoms with E-state index in [-0.39, 0.29) is 24.2 Å². The van der Waals surface area contributed by atoms with Crippen molar-refractivity contribution < 1.29 is 9.18 Å². The molecule has 96 valence electrons. The monoisotopic (exact) mass is 362 g/mol. The van der Waals surface area contributed by atoms with Crippen LogP contribution in [0.3, 0.4) is 0 Å². The second-order valence-electron chi connectivity index (χ2n) is 4.11. The Hall–Kier alpha value is -1.38. The Morgan fingerprint density at radius 3 is 2.89 bits per heavy atom. The average Bonchev–Trinajstić information content (AvgIpc) is 2.53. The van der Waals surface area contributed by atoms with E-state index in [1.54, 1.807) is 17.6 Å². The third-order valence-corrected chi connectivity index (χ3v) is 3.52. The van der Waals surface area contributed by atoms with Gasteiger partial charge in [0.1, 0.15) is 5.82 Å². The predicted molar refractivity (Wildman–Crippen MR) is 75.3 cm³/mol. The van der Waals surface area contributed by atoms with Crippen LogP contribution < -0.4 is 11.5 Å². The van der Waals surface area contributed by atoms with Gasteiger partial charge >= 0.3 is 0 Å². The van der Waals surface area contributed by atoms with Crippen LogP contribution in [0.1, 0.15) is 19.4 Å². The Bertz CT molecular complexity index is 625. The van der Waals surface area contributed by atoms with Crippen molar-refractivity contribution in [3.05, 3.63) is 21.5 Å². The van der Waals surface area contributed by atoms with E-state index in [9.17, 15) is 9.18 Å². The molecule has 1 heterocycles. The molecule has 1 amide bonds. The Kier molecular flexibility index (Phi) is 3.42. The van der Waals surface area contributed by atoms with Crippen molar-refractivity contribution in [3.8, 4) is 0 Å². The van der Waals surface area contributed by atoms with Crippen molar-refractivity contribution >= 4 is 45.5 Å². The minimum Gasteiger partial charge on any atom is -0.370 e. The van der Waals surface area contributed by atoms with E-state index in [0.717, 1.165) is 0 Å². The smallest absolute Gasteiger partial charge is 0.219 e. The Morgan fingerprint density at radius 2 is 2.28 bits per heavy atom. The van der Waals surface area contributed by atoms with Crippen LogP contribution >= 0.6 is 22.6 Å². The highest BCUT2D eigenvalue weighted by molar-refractivity contribution is 14.1. The second-order valence-corrected chi connectivity index (χ2v) is 5.28. The zero-order chi connectivity index (χ0) is 13.4. The number of carbonyl (C=O) groups excluding carboxylic acids is 1. The maximum absolute atomic E-state index is 13.6. The molecule has 1 unspecified atom stereocenters. The summed E-state index contributed by atoms with van der Waals surface area (Å²) < 4.78 is 15.7. The van der Waals surface area contributed by atoms with E-state index in [1.807, 2.05) is 22.6 Å². The molecule has 0 aliphatic heterocycles. The van der Waals surface area contributed by atoms with Gasteiger partial charge < -0.3 is 16.0 Å². The van der Waals surface area contributed by atoms with Crippen molar-refractivity contribution in [2.45, 2.75) is 19.4 Å². The molecule has 0 radical (unpaired) electrons.